The zero-order valence-electron chi connectivity index (χ0n) is 15.5. The van der Waals surface area contributed by atoms with Crippen molar-refractivity contribution in [3.8, 4) is 6.07 Å². The number of benzene rings is 1. The van der Waals surface area contributed by atoms with Crippen LogP contribution in [0.2, 0.25) is 0 Å². The van der Waals surface area contributed by atoms with Crippen molar-refractivity contribution in [3.63, 3.8) is 0 Å². The number of anilines is 1. The molecule has 0 spiro atoms. The van der Waals surface area contributed by atoms with Crippen molar-refractivity contribution in [2.24, 2.45) is 5.92 Å². The highest BCUT2D eigenvalue weighted by molar-refractivity contribution is 7.91. The molecular formula is C20H21FN2O3S2. The summed E-state index contributed by atoms with van der Waals surface area (Å²) in [6.45, 7) is 2.18. The van der Waals surface area contributed by atoms with Gasteiger partial charge >= 0.3 is 0 Å². The van der Waals surface area contributed by atoms with E-state index in [-0.39, 0.29) is 29.4 Å². The second-order valence-corrected chi connectivity index (χ2v) is 10.3. The van der Waals surface area contributed by atoms with Crippen LogP contribution in [0.15, 0.2) is 29.2 Å². The molecule has 1 unspecified atom stereocenters. The normalized spacial score (nSPS) is 16.2. The van der Waals surface area contributed by atoms with Crippen LogP contribution in [0.25, 0.3) is 0 Å². The first-order chi connectivity index (χ1) is 13.3. The van der Waals surface area contributed by atoms with Gasteiger partial charge in [0.1, 0.15) is 16.9 Å². The lowest BCUT2D eigenvalue weighted by Gasteiger charge is -2.17. The third-order valence-electron chi connectivity index (χ3n) is 4.87. The maximum Gasteiger partial charge on any atom is 0.225 e. The summed E-state index contributed by atoms with van der Waals surface area (Å²) in [7, 11) is -3.56. The van der Waals surface area contributed by atoms with Gasteiger partial charge in [-0.1, -0.05) is 6.92 Å². The van der Waals surface area contributed by atoms with Gasteiger partial charge in [0.2, 0.25) is 5.91 Å². The third kappa shape index (κ3) is 4.59. The number of carbonyl (C=O) groups excluding carboxylic acids is 1. The molecule has 1 N–H and O–H groups in total. The number of carbonyl (C=O) groups is 1. The summed E-state index contributed by atoms with van der Waals surface area (Å²) in [4.78, 5) is 13.5. The van der Waals surface area contributed by atoms with Crippen LogP contribution in [-0.2, 0) is 27.5 Å². The van der Waals surface area contributed by atoms with Gasteiger partial charge in [-0.25, -0.2) is 12.8 Å². The first-order valence-corrected chi connectivity index (χ1v) is 11.6. The Bertz CT molecular complexity index is 1020. The van der Waals surface area contributed by atoms with Crippen molar-refractivity contribution in [2.75, 3.05) is 11.1 Å². The monoisotopic (exact) mass is 420 g/mol. The number of hydrogen-bond acceptors (Lipinski definition) is 5. The summed E-state index contributed by atoms with van der Waals surface area (Å²) >= 11 is 1.45. The van der Waals surface area contributed by atoms with Gasteiger partial charge in [-0.05, 0) is 61.4 Å². The van der Waals surface area contributed by atoms with Gasteiger partial charge in [0.15, 0.2) is 9.84 Å². The number of amides is 1. The molecule has 1 aliphatic carbocycles. The van der Waals surface area contributed by atoms with Gasteiger partial charge in [-0.15, -0.1) is 11.3 Å². The number of halogens is 1. The summed E-state index contributed by atoms with van der Waals surface area (Å²) in [6, 6.07) is 6.85. The summed E-state index contributed by atoms with van der Waals surface area (Å²) in [5, 5.41) is 12.8. The zero-order valence-corrected chi connectivity index (χ0v) is 17.1. The molecule has 1 aliphatic rings. The van der Waals surface area contributed by atoms with Crippen LogP contribution in [0, 0.1) is 23.1 Å². The van der Waals surface area contributed by atoms with E-state index in [1.54, 1.807) is 0 Å². The van der Waals surface area contributed by atoms with Gasteiger partial charge in [-0.2, -0.15) is 5.26 Å². The first kappa shape index (κ1) is 20.5. The molecule has 28 heavy (non-hydrogen) atoms. The molecule has 1 aromatic heterocycles. The van der Waals surface area contributed by atoms with E-state index in [2.05, 4.69) is 18.3 Å². The van der Waals surface area contributed by atoms with Crippen LogP contribution in [0.5, 0.6) is 0 Å². The van der Waals surface area contributed by atoms with E-state index in [1.807, 2.05) is 0 Å². The predicted molar refractivity (Wildman–Crippen MR) is 107 cm³/mol. The molecular weight excluding hydrogens is 399 g/mol. The molecule has 0 saturated heterocycles. The molecule has 0 saturated carbocycles. The Balaban J connectivity index is 1.59. The predicted octanol–water partition coefficient (Wildman–Crippen LogP) is 4.08. The van der Waals surface area contributed by atoms with E-state index < -0.39 is 15.7 Å². The zero-order chi connectivity index (χ0) is 20.3. The van der Waals surface area contributed by atoms with Crippen LogP contribution < -0.4 is 5.32 Å². The number of thiophene rings is 1. The van der Waals surface area contributed by atoms with E-state index in [4.69, 9.17) is 0 Å². The molecule has 1 aromatic carbocycles. The molecule has 8 heteroatoms. The van der Waals surface area contributed by atoms with Crippen molar-refractivity contribution in [1.82, 2.24) is 0 Å². The summed E-state index contributed by atoms with van der Waals surface area (Å²) < 4.78 is 37.4. The average Bonchev–Trinajstić information content (AvgIpc) is 2.97. The minimum atomic E-state index is -3.56. The molecule has 0 bridgehead atoms. The molecule has 0 fully saturated rings. The Morgan fingerprint density at radius 1 is 1.36 bits per heavy atom. The van der Waals surface area contributed by atoms with Gasteiger partial charge in [-0.3, -0.25) is 4.79 Å². The lowest BCUT2D eigenvalue weighted by molar-refractivity contribution is -0.116. The molecule has 3 rings (SSSR count). The van der Waals surface area contributed by atoms with Crippen molar-refractivity contribution < 1.29 is 17.6 Å². The van der Waals surface area contributed by atoms with Gasteiger partial charge in [0.05, 0.1) is 16.2 Å². The van der Waals surface area contributed by atoms with Gasteiger partial charge in [0.25, 0.3) is 0 Å². The molecule has 1 heterocycles. The Morgan fingerprint density at radius 3 is 2.75 bits per heavy atom. The van der Waals surface area contributed by atoms with Crippen molar-refractivity contribution in [2.45, 2.75) is 43.9 Å². The second kappa shape index (κ2) is 8.41. The fraction of sp³-hybridized carbons (Fsp3) is 0.400. The van der Waals surface area contributed by atoms with Crippen LogP contribution >= 0.6 is 11.3 Å². The molecule has 0 aliphatic heterocycles. The number of nitriles is 1. The van der Waals surface area contributed by atoms with Crippen molar-refractivity contribution >= 4 is 32.1 Å². The first-order valence-electron chi connectivity index (χ1n) is 9.13. The fourth-order valence-electron chi connectivity index (χ4n) is 3.33. The Hall–Kier alpha value is -2.24. The molecule has 1 amide bonds. The quantitative estimate of drug-likeness (QED) is 0.714. The Morgan fingerprint density at radius 2 is 2.07 bits per heavy atom. The average molecular weight is 421 g/mol. The van der Waals surface area contributed by atoms with E-state index in [9.17, 15) is 22.9 Å². The highest BCUT2D eigenvalue weighted by atomic mass is 32.2. The second-order valence-electron chi connectivity index (χ2n) is 7.09. The molecule has 0 radical (unpaired) electrons. The van der Waals surface area contributed by atoms with E-state index in [0.29, 0.717) is 16.5 Å². The number of nitrogens with zero attached hydrogens (tertiary/aromatic N) is 1. The topological polar surface area (TPSA) is 87.0 Å². The SMILES string of the molecule is CC1CCc2c(sc(NC(=O)CCCS(=O)(=O)c3ccc(F)cc3)c2C#N)C1. The fourth-order valence-corrected chi connectivity index (χ4v) is 6.02. The largest absolute Gasteiger partial charge is 0.317 e. The van der Waals surface area contributed by atoms with Crippen LogP contribution in [0.4, 0.5) is 9.39 Å². The maximum absolute atomic E-state index is 12.9. The Kier molecular flexibility index (Phi) is 6.16. The lowest BCUT2D eigenvalue weighted by atomic mass is 9.89. The standard InChI is InChI=1S/C20H21FN2O3S2/c1-13-4-9-16-17(12-22)20(27-18(16)11-13)23-19(24)3-2-10-28(25,26)15-7-5-14(21)6-8-15/h5-8,13H,2-4,9-11H2,1H3,(H,23,24). The van der Waals surface area contributed by atoms with Crippen molar-refractivity contribution in [1.29, 1.82) is 5.26 Å². The molecule has 148 valence electrons. The number of hydrogen-bond donors (Lipinski definition) is 1. The highest BCUT2D eigenvalue weighted by Gasteiger charge is 2.24. The number of rotatable bonds is 6. The minimum absolute atomic E-state index is 0.0320. The number of sulfone groups is 1. The van der Waals surface area contributed by atoms with E-state index in [0.717, 1.165) is 41.8 Å². The number of fused-ring (bicyclic) bond motifs is 1. The molecule has 1 atom stereocenters. The van der Waals surface area contributed by atoms with Crippen LogP contribution in [-0.4, -0.2) is 20.1 Å². The maximum atomic E-state index is 12.9. The van der Waals surface area contributed by atoms with E-state index >= 15 is 0 Å². The number of nitrogens with one attached hydrogen (secondary N) is 1. The Labute approximate surface area is 168 Å². The third-order valence-corrected chi connectivity index (χ3v) is 7.85. The van der Waals surface area contributed by atoms with Crippen molar-refractivity contribution in [3.05, 3.63) is 46.1 Å². The van der Waals surface area contributed by atoms with Gasteiger partial charge in [0, 0.05) is 11.3 Å². The van der Waals surface area contributed by atoms with Crippen LogP contribution in [0.1, 0.15) is 42.2 Å². The van der Waals surface area contributed by atoms with E-state index in [1.165, 1.54) is 23.5 Å². The smallest absolute Gasteiger partial charge is 0.225 e. The summed E-state index contributed by atoms with van der Waals surface area (Å²) in [5.41, 5.74) is 1.58. The van der Waals surface area contributed by atoms with Gasteiger partial charge < -0.3 is 5.32 Å². The summed E-state index contributed by atoms with van der Waals surface area (Å²) in [6.07, 6.45) is 2.98. The van der Waals surface area contributed by atoms with Crippen LogP contribution in [0.3, 0.4) is 0 Å². The summed E-state index contributed by atoms with van der Waals surface area (Å²) in [5.74, 6) is -0.440. The molecule has 2 aromatic rings. The molecule has 5 nitrogen and oxygen atoms in total. The lowest BCUT2D eigenvalue weighted by Crippen LogP contribution is -2.14. The minimum Gasteiger partial charge on any atom is -0.317 e. The highest BCUT2D eigenvalue weighted by Crippen LogP contribution is 2.39.